The highest BCUT2D eigenvalue weighted by molar-refractivity contribution is 5.91. The molecule has 0 radical (unpaired) electrons. The van der Waals surface area contributed by atoms with Gasteiger partial charge in [0.25, 0.3) is 0 Å². The van der Waals surface area contributed by atoms with Crippen LogP contribution in [0.5, 0.6) is 0 Å². The normalized spacial score (nSPS) is 11.7. The first-order valence-corrected chi connectivity index (χ1v) is 11.3. The molecule has 1 heterocycles. The van der Waals surface area contributed by atoms with Gasteiger partial charge in [0.2, 0.25) is 0 Å². The van der Waals surface area contributed by atoms with Gasteiger partial charge in [-0.15, -0.1) is 0 Å². The lowest BCUT2D eigenvalue weighted by Crippen LogP contribution is -2.09. The van der Waals surface area contributed by atoms with Crippen molar-refractivity contribution in [1.29, 1.82) is 0 Å². The largest absolute Gasteiger partial charge is 0.363 e. The van der Waals surface area contributed by atoms with Crippen LogP contribution in [0.2, 0.25) is 0 Å². The summed E-state index contributed by atoms with van der Waals surface area (Å²) in [5.41, 5.74) is 5.42. The molecule has 3 nitrogen and oxygen atoms in total. The number of aromatic nitrogens is 2. The Morgan fingerprint density at radius 2 is 1.55 bits per heavy atom. The van der Waals surface area contributed by atoms with Crippen LogP contribution >= 0.6 is 0 Å². The summed E-state index contributed by atoms with van der Waals surface area (Å²) in [4.78, 5) is 9.01. The number of aryl methyl sites for hydroxylation is 1. The van der Waals surface area contributed by atoms with E-state index in [1.165, 1.54) is 21.9 Å². The Bertz CT molecular complexity index is 1490. The van der Waals surface area contributed by atoms with Gasteiger partial charge in [-0.25, -0.2) is 9.97 Å². The SMILES string of the molecule is CCc1ccc(C#Cc2ccc3ncnc(N[C@H](C)c4cccc5ccccc45)c3c2)cc1. The molecular formula is C30H25N3. The molecule has 0 amide bonds. The standard InChI is InChI=1S/C30H25N3/c1-3-22-11-13-23(14-12-22)15-16-24-17-18-29-28(19-24)30(32-20-31-29)33-21(2)26-10-6-8-25-7-4-5-9-27(25)26/h4-14,17-21H,3H2,1-2H3,(H,31,32,33)/t21-/m1/s1. The van der Waals surface area contributed by atoms with E-state index >= 15 is 0 Å². The summed E-state index contributed by atoms with van der Waals surface area (Å²) in [7, 11) is 0. The minimum absolute atomic E-state index is 0.0843. The van der Waals surface area contributed by atoms with Crippen LogP contribution in [-0.4, -0.2) is 9.97 Å². The molecule has 5 rings (SSSR count). The number of anilines is 1. The van der Waals surface area contributed by atoms with Crippen LogP contribution in [0.1, 0.15) is 42.1 Å². The summed E-state index contributed by atoms with van der Waals surface area (Å²) in [5, 5.41) is 7.06. The van der Waals surface area contributed by atoms with Crippen molar-refractivity contribution in [2.75, 3.05) is 5.32 Å². The molecule has 0 unspecified atom stereocenters. The van der Waals surface area contributed by atoms with Gasteiger partial charge in [0.1, 0.15) is 12.1 Å². The first-order chi connectivity index (χ1) is 16.2. The molecule has 0 bridgehead atoms. The highest BCUT2D eigenvalue weighted by Gasteiger charge is 2.12. The average Bonchev–Trinajstić information content (AvgIpc) is 2.87. The van der Waals surface area contributed by atoms with Crippen molar-refractivity contribution < 1.29 is 0 Å². The van der Waals surface area contributed by atoms with Crippen molar-refractivity contribution in [1.82, 2.24) is 9.97 Å². The predicted molar refractivity (Wildman–Crippen MR) is 137 cm³/mol. The average molecular weight is 428 g/mol. The molecule has 5 aromatic rings. The summed E-state index contributed by atoms with van der Waals surface area (Å²) >= 11 is 0. The molecule has 4 aromatic carbocycles. The number of nitrogens with one attached hydrogen (secondary N) is 1. The zero-order valence-electron chi connectivity index (χ0n) is 18.8. The van der Waals surface area contributed by atoms with Crippen LogP contribution in [0.4, 0.5) is 5.82 Å². The van der Waals surface area contributed by atoms with Gasteiger partial charge in [0.05, 0.1) is 11.6 Å². The van der Waals surface area contributed by atoms with E-state index in [9.17, 15) is 0 Å². The minimum atomic E-state index is 0.0843. The lowest BCUT2D eigenvalue weighted by molar-refractivity contribution is 0.885. The van der Waals surface area contributed by atoms with Gasteiger partial charge < -0.3 is 5.32 Å². The third-order valence-corrected chi connectivity index (χ3v) is 5.99. The molecule has 3 heteroatoms. The van der Waals surface area contributed by atoms with E-state index in [2.05, 4.69) is 114 Å². The Morgan fingerprint density at radius 1 is 0.788 bits per heavy atom. The van der Waals surface area contributed by atoms with E-state index in [1.54, 1.807) is 6.33 Å². The van der Waals surface area contributed by atoms with E-state index in [0.29, 0.717) is 0 Å². The van der Waals surface area contributed by atoms with Crippen molar-refractivity contribution in [3.63, 3.8) is 0 Å². The summed E-state index contributed by atoms with van der Waals surface area (Å²) in [6.45, 7) is 4.32. The molecule has 0 fully saturated rings. The van der Waals surface area contributed by atoms with Gasteiger partial charge in [-0.05, 0) is 65.6 Å². The molecule has 1 aromatic heterocycles. The molecule has 0 saturated carbocycles. The third-order valence-electron chi connectivity index (χ3n) is 5.99. The Morgan fingerprint density at radius 3 is 2.39 bits per heavy atom. The lowest BCUT2D eigenvalue weighted by atomic mass is 9.99. The Labute approximate surface area is 194 Å². The van der Waals surface area contributed by atoms with Gasteiger partial charge in [0.15, 0.2) is 0 Å². The summed E-state index contributed by atoms with van der Waals surface area (Å²) in [5.74, 6) is 7.38. The molecule has 0 aliphatic rings. The molecule has 0 aliphatic carbocycles. The fourth-order valence-electron chi connectivity index (χ4n) is 4.13. The maximum atomic E-state index is 4.56. The van der Waals surface area contributed by atoms with Gasteiger partial charge in [-0.3, -0.25) is 0 Å². The first-order valence-electron chi connectivity index (χ1n) is 11.3. The van der Waals surface area contributed by atoms with Crippen molar-refractivity contribution in [3.05, 3.63) is 114 Å². The van der Waals surface area contributed by atoms with Crippen molar-refractivity contribution in [2.45, 2.75) is 26.3 Å². The van der Waals surface area contributed by atoms with E-state index < -0.39 is 0 Å². The van der Waals surface area contributed by atoms with Crippen LogP contribution in [0.15, 0.2) is 91.3 Å². The second kappa shape index (κ2) is 9.14. The number of hydrogen-bond acceptors (Lipinski definition) is 3. The maximum absolute atomic E-state index is 4.56. The van der Waals surface area contributed by atoms with Gasteiger partial charge in [-0.2, -0.15) is 0 Å². The Kier molecular flexibility index (Phi) is 5.74. The molecule has 1 N–H and O–H groups in total. The second-order valence-electron chi connectivity index (χ2n) is 8.19. The summed E-state index contributed by atoms with van der Waals surface area (Å²) < 4.78 is 0. The Hall–Kier alpha value is -4.16. The highest BCUT2D eigenvalue weighted by Crippen LogP contribution is 2.29. The zero-order chi connectivity index (χ0) is 22.6. The molecule has 1 atom stereocenters. The minimum Gasteiger partial charge on any atom is -0.363 e. The fourth-order valence-corrected chi connectivity index (χ4v) is 4.13. The Balaban J connectivity index is 1.47. The number of fused-ring (bicyclic) bond motifs is 2. The topological polar surface area (TPSA) is 37.8 Å². The summed E-state index contributed by atoms with van der Waals surface area (Å²) in [6.07, 6.45) is 2.65. The number of hydrogen-bond donors (Lipinski definition) is 1. The van der Waals surface area contributed by atoms with E-state index in [-0.39, 0.29) is 6.04 Å². The van der Waals surface area contributed by atoms with Crippen LogP contribution in [0.25, 0.3) is 21.7 Å². The van der Waals surface area contributed by atoms with Crippen molar-refractivity contribution >= 4 is 27.5 Å². The zero-order valence-corrected chi connectivity index (χ0v) is 18.8. The quantitative estimate of drug-likeness (QED) is 0.316. The monoisotopic (exact) mass is 427 g/mol. The predicted octanol–water partition coefficient (Wildman–Crippen LogP) is 6.92. The van der Waals surface area contributed by atoms with E-state index in [4.69, 9.17) is 0 Å². The molecule has 0 aliphatic heterocycles. The fraction of sp³-hybridized carbons (Fsp3) is 0.133. The lowest BCUT2D eigenvalue weighted by Gasteiger charge is -2.18. The van der Waals surface area contributed by atoms with Crippen LogP contribution in [0.3, 0.4) is 0 Å². The molecule has 160 valence electrons. The van der Waals surface area contributed by atoms with Gasteiger partial charge >= 0.3 is 0 Å². The smallest absolute Gasteiger partial charge is 0.137 e. The second-order valence-corrected chi connectivity index (χ2v) is 8.19. The molecule has 0 spiro atoms. The number of nitrogens with zero attached hydrogens (tertiary/aromatic N) is 2. The van der Waals surface area contributed by atoms with Crippen molar-refractivity contribution in [3.8, 4) is 11.8 Å². The molecular weight excluding hydrogens is 402 g/mol. The van der Waals surface area contributed by atoms with Crippen LogP contribution < -0.4 is 5.32 Å². The van der Waals surface area contributed by atoms with Crippen LogP contribution in [-0.2, 0) is 6.42 Å². The van der Waals surface area contributed by atoms with Crippen LogP contribution in [0, 0.1) is 11.8 Å². The molecule has 33 heavy (non-hydrogen) atoms. The first kappa shape index (κ1) is 20.7. The van der Waals surface area contributed by atoms with Gasteiger partial charge in [0, 0.05) is 16.5 Å². The number of benzene rings is 4. The number of rotatable bonds is 4. The van der Waals surface area contributed by atoms with E-state index in [1.807, 2.05) is 12.1 Å². The summed E-state index contributed by atoms with van der Waals surface area (Å²) in [6, 6.07) is 29.5. The van der Waals surface area contributed by atoms with E-state index in [0.717, 1.165) is 34.3 Å². The molecule has 0 saturated heterocycles. The maximum Gasteiger partial charge on any atom is 0.137 e. The highest BCUT2D eigenvalue weighted by atomic mass is 15.0. The van der Waals surface area contributed by atoms with Gasteiger partial charge in [-0.1, -0.05) is 73.4 Å². The third kappa shape index (κ3) is 4.42. The van der Waals surface area contributed by atoms with Crippen molar-refractivity contribution in [2.24, 2.45) is 0 Å².